The number of anilines is 1. The van der Waals surface area contributed by atoms with Gasteiger partial charge in [-0.05, 0) is 36.2 Å². The third-order valence-corrected chi connectivity index (χ3v) is 4.00. The first-order valence-electron chi connectivity index (χ1n) is 7.44. The van der Waals surface area contributed by atoms with E-state index in [1.807, 2.05) is 31.2 Å². The van der Waals surface area contributed by atoms with Crippen LogP contribution in [0.3, 0.4) is 0 Å². The van der Waals surface area contributed by atoms with Gasteiger partial charge in [-0.25, -0.2) is 0 Å². The van der Waals surface area contributed by atoms with Crippen molar-refractivity contribution in [1.29, 1.82) is 0 Å². The Kier molecular flexibility index (Phi) is 4.12. The molecule has 0 fully saturated rings. The number of hydrogen-bond donors (Lipinski definition) is 1. The first kappa shape index (κ1) is 15.9. The highest BCUT2D eigenvalue weighted by Crippen LogP contribution is 2.33. The van der Waals surface area contributed by atoms with Gasteiger partial charge in [0.05, 0.1) is 26.5 Å². The molecule has 0 aromatic heterocycles. The molecule has 0 saturated heterocycles. The Morgan fingerprint density at radius 3 is 2.33 bits per heavy atom. The van der Waals surface area contributed by atoms with Crippen molar-refractivity contribution in [3.8, 4) is 11.5 Å². The zero-order valence-corrected chi connectivity index (χ0v) is 13.7. The van der Waals surface area contributed by atoms with Crippen molar-refractivity contribution in [2.45, 2.75) is 13.5 Å². The van der Waals surface area contributed by atoms with E-state index in [9.17, 15) is 10.0 Å². The highest BCUT2D eigenvalue weighted by atomic mass is 16.5. The van der Waals surface area contributed by atoms with Crippen LogP contribution in [0.2, 0.25) is 0 Å². The molecule has 2 aromatic carbocycles. The van der Waals surface area contributed by atoms with E-state index in [4.69, 9.17) is 9.47 Å². The van der Waals surface area contributed by atoms with Crippen LogP contribution >= 0.6 is 0 Å². The molecule has 6 heteroatoms. The Balaban J connectivity index is 2.02. The predicted octanol–water partition coefficient (Wildman–Crippen LogP) is 2.74. The van der Waals surface area contributed by atoms with Crippen molar-refractivity contribution in [2.24, 2.45) is 5.16 Å². The van der Waals surface area contributed by atoms with E-state index in [-0.39, 0.29) is 11.6 Å². The fourth-order valence-corrected chi connectivity index (χ4v) is 2.81. The number of ether oxygens (including phenoxy) is 2. The summed E-state index contributed by atoms with van der Waals surface area (Å²) in [4.78, 5) is 14.2. The second-order valence-electron chi connectivity index (χ2n) is 5.58. The monoisotopic (exact) mass is 326 g/mol. The molecule has 1 heterocycles. The van der Waals surface area contributed by atoms with Crippen LogP contribution in [0.5, 0.6) is 11.5 Å². The molecule has 2 aromatic rings. The fourth-order valence-electron chi connectivity index (χ4n) is 2.81. The molecule has 1 aliphatic heterocycles. The van der Waals surface area contributed by atoms with Gasteiger partial charge in [0.2, 0.25) is 0 Å². The van der Waals surface area contributed by atoms with Gasteiger partial charge >= 0.3 is 0 Å². The van der Waals surface area contributed by atoms with Crippen LogP contribution in [0.25, 0.3) is 0 Å². The normalized spacial score (nSPS) is 14.9. The fraction of sp³-hybridized carbons (Fsp3) is 0.222. The van der Waals surface area contributed by atoms with Gasteiger partial charge in [0.1, 0.15) is 11.5 Å². The molecule has 124 valence electrons. The number of methoxy groups -OCH3 is 2. The van der Waals surface area contributed by atoms with Crippen molar-refractivity contribution < 1.29 is 19.5 Å². The third-order valence-electron chi connectivity index (χ3n) is 4.00. The second-order valence-corrected chi connectivity index (χ2v) is 5.58. The lowest BCUT2D eigenvalue weighted by Gasteiger charge is -2.18. The van der Waals surface area contributed by atoms with E-state index in [1.165, 1.54) is 0 Å². The number of rotatable bonds is 4. The van der Waals surface area contributed by atoms with Gasteiger partial charge in [-0.2, -0.15) is 0 Å². The van der Waals surface area contributed by atoms with Crippen molar-refractivity contribution >= 4 is 17.3 Å². The van der Waals surface area contributed by atoms with E-state index in [2.05, 4.69) is 5.16 Å². The predicted molar refractivity (Wildman–Crippen MR) is 90.2 cm³/mol. The largest absolute Gasteiger partial charge is 0.497 e. The highest BCUT2D eigenvalue weighted by Gasteiger charge is 2.34. The minimum atomic E-state index is -0.333. The summed E-state index contributed by atoms with van der Waals surface area (Å²) in [6.45, 7) is 2.27. The lowest BCUT2D eigenvalue weighted by atomic mass is 10.1. The van der Waals surface area contributed by atoms with Crippen LogP contribution in [0, 0.1) is 6.92 Å². The molecule has 6 nitrogen and oxygen atoms in total. The zero-order valence-electron chi connectivity index (χ0n) is 13.7. The van der Waals surface area contributed by atoms with Crippen molar-refractivity contribution in [1.82, 2.24) is 0 Å². The summed E-state index contributed by atoms with van der Waals surface area (Å²) in [5, 5.41) is 12.4. The summed E-state index contributed by atoms with van der Waals surface area (Å²) in [5.41, 5.74) is 3.29. The van der Waals surface area contributed by atoms with Crippen LogP contribution in [-0.4, -0.2) is 31.0 Å². The highest BCUT2D eigenvalue weighted by molar-refractivity contribution is 6.54. The number of carbonyl (C=O) groups excluding carboxylic acids is 1. The van der Waals surface area contributed by atoms with Gasteiger partial charge in [0, 0.05) is 11.6 Å². The lowest BCUT2D eigenvalue weighted by Crippen LogP contribution is -2.29. The van der Waals surface area contributed by atoms with Gasteiger partial charge in [-0.15, -0.1) is 0 Å². The Hall–Kier alpha value is -3.02. The van der Waals surface area contributed by atoms with Crippen molar-refractivity contribution in [3.05, 3.63) is 53.1 Å². The summed E-state index contributed by atoms with van der Waals surface area (Å²) >= 11 is 0. The minimum Gasteiger partial charge on any atom is -0.497 e. The summed E-state index contributed by atoms with van der Waals surface area (Å²) < 4.78 is 10.5. The molecule has 1 aliphatic rings. The number of amides is 1. The molecular formula is C18H18N2O4. The van der Waals surface area contributed by atoms with Gasteiger partial charge in [0.15, 0.2) is 5.71 Å². The van der Waals surface area contributed by atoms with E-state index >= 15 is 0 Å². The van der Waals surface area contributed by atoms with Crippen LogP contribution in [0.15, 0.2) is 41.6 Å². The maximum atomic E-state index is 12.6. The Bertz CT molecular complexity index is 808. The molecule has 3 rings (SSSR count). The molecule has 1 N–H and O–H groups in total. The average molecular weight is 326 g/mol. The lowest BCUT2D eigenvalue weighted by molar-refractivity contribution is -0.112. The summed E-state index contributed by atoms with van der Waals surface area (Å²) in [7, 11) is 3.16. The van der Waals surface area contributed by atoms with Crippen LogP contribution in [0.1, 0.15) is 16.7 Å². The molecule has 0 saturated carbocycles. The Morgan fingerprint density at radius 2 is 1.75 bits per heavy atom. The number of aryl methyl sites for hydroxylation is 1. The minimum absolute atomic E-state index is 0.0554. The van der Waals surface area contributed by atoms with Gasteiger partial charge < -0.3 is 19.6 Å². The maximum absolute atomic E-state index is 12.6. The number of fused-ring (bicyclic) bond motifs is 1. The molecule has 0 atom stereocenters. The topological polar surface area (TPSA) is 71.4 Å². The van der Waals surface area contributed by atoms with Gasteiger partial charge in [-0.1, -0.05) is 17.3 Å². The van der Waals surface area contributed by atoms with Crippen LogP contribution < -0.4 is 14.4 Å². The first-order chi connectivity index (χ1) is 11.6. The molecule has 0 spiro atoms. The molecule has 0 aliphatic carbocycles. The van der Waals surface area contributed by atoms with Crippen LogP contribution in [-0.2, 0) is 11.3 Å². The van der Waals surface area contributed by atoms with E-state index < -0.39 is 0 Å². The first-order valence-corrected chi connectivity index (χ1v) is 7.44. The van der Waals surface area contributed by atoms with E-state index in [0.717, 1.165) is 16.8 Å². The number of hydrogen-bond acceptors (Lipinski definition) is 5. The SMILES string of the molecule is COc1cc(CN2C(=O)/C(=N\O)c3ccc(C)cc32)cc(OC)c1. The van der Waals surface area contributed by atoms with E-state index in [0.29, 0.717) is 23.6 Å². The number of oxime groups is 1. The van der Waals surface area contributed by atoms with E-state index in [1.54, 1.807) is 31.3 Å². The molecule has 24 heavy (non-hydrogen) atoms. The number of carbonyl (C=O) groups is 1. The maximum Gasteiger partial charge on any atom is 0.281 e. The molecule has 0 unspecified atom stereocenters. The van der Waals surface area contributed by atoms with Crippen molar-refractivity contribution in [2.75, 3.05) is 19.1 Å². The Morgan fingerprint density at radius 1 is 1.08 bits per heavy atom. The number of nitrogens with zero attached hydrogens (tertiary/aromatic N) is 2. The molecular weight excluding hydrogens is 308 g/mol. The Labute approximate surface area is 139 Å². The van der Waals surface area contributed by atoms with Crippen molar-refractivity contribution in [3.63, 3.8) is 0 Å². The summed E-state index contributed by atoms with van der Waals surface area (Å²) in [6, 6.07) is 11.1. The van der Waals surface area contributed by atoms with Gasteiger partial charge in [-0.3, -0.25) is 4.79 Å². The molecule has 0 bridgehead atoms. The summed E-state index contributed by atoms with van der Waals surface area (Å²) in [6.07, 6.45) is 0. The standard InChI is InChI=1S/C18H18N2O4/c1-11-4-5-15-16(6-11)20(18(21)17(15)19-22)10-12-7-13(23-2)9-14(8-12)24-3/h4-9,22H,10H2,1-3H3/b19-17-. The zero-order chi connectivity index (χ0) is 17.3. The smallest absolute Gasteiger partial charge is 0.281 e. The summed E-state index contributed by atoms with van der Waals surface area (Å²) in [5.74, 6) is 0.966. The molecule has 1 amide bonds. The van der Waals surface area contributed by atoms with Gasteiger partial charge in [0.25, 0.3) is 5.91 Å². The third kappa shape index (κ3) is 2.67. The quantitative estimate of drug-likeness (QED) is 0.693. The average Bonchev–Trinajstić information content (AvgIpc) is 2.85. The molecule has 0 radical (unpaired) electrons. The van der Waals surface area contributed by atoms with Crippen LogP contribution in [0.4, 0.5) is 5.69 Å². The second kappa shape index (κ2) is 6.23. The number of benzene rings is 2.